The topological polar surface area (TPSA) is 3.24 Å². The van der Waals surface area contributed by atoms with Crippen LogP contribution in [0.4, 0.5) is 5.69 Å². The average Bonchev–Trinajstić information content (AvgIpc) is 2.85. The van der Waals surface area contributed by atoms with Crippen molar-refractivity contribution in [1.29, 1.82) is 0 Å². The molecule has 0 saturated carbocycles. The normalized spacial score (nSPS) is 14.7. The number of hydrogen-bond donors (Lipinski definition) is 0. The lowest BCUT2D eigenvalue weighted by molar-refractivity contribution is 0.744. The summed E-state index contributed by atoms with van der Waals surface area (Å²) in [5, 5.41) is 3.89. The van der Waals surface area contributed by atoms with Crippen molar-refractivity contribution < 1.29 is 0 Å². The SMILES string of the molecule is Clc1cc(CBr)ccc1N1CCc2sccc2C1. The van der Waals surface area contributed by atoms with E-state index in [-0.39, 0.29) is 0 Å². The fraction of sp³-hybridized carbons (Fsp3) is 0.286. The second-order valence-corrected chi connectivity index (χ2v) is 6.43. The highest BCUT2D eigenvalue weighted by Gasteiger charge is 2.19. The molecular formula is C14H13BrClNS. The van der Waals surface area contributed by atoms with E-state index >= 15 is 0 Å². The van der Waals surface area contributed by atoms with Crippen molar-refractivity contribution in [2.75, 3.05) is 11.4 Å². The molecule has 4 heteroatoms. The van der Waals surface area contributed by atoms with Crippen molar-refractivity contribution in [3.05, 3.63) is 50.7 Å². The second kappa shape index (κ2) is 5.24. The lowest BCUT2D eigenvalue weighted by atomic mass is 10.1. The van der Waals surface area contributed by atoms with Crippen LogP contribution in [-0.2, 0) is 18.3 Å². The standard InChI is InChI=1S/C14H13BrClNS/c15-8-10-1-2-13(12(16)7-10)17-5-3-14-11(9-17)4-6-18-14/h1-2,4,6-7H,3,5,8-9H2. The first-order valence-electron chi connectivity index (χ1n) is 5.92. The lowest BCUT2D eigenvalue weighted by Crippen LogP contribution is -2.29. The van der Waals surface area contributed by atoms with Gasteiger partial charge in [-0.1, -0.05) is 33.6 Å². The van der Waals surface area contributed by atoms with Crippen LogP contribution >= 0.6 is 38.9 Å². The molecule has 0 saturated heterocycles. The Morgan fingerprint density at radius 3 is 3.00 bits per heavy atom. The first-order valence-corrected chi connectivity index (χ1v) is 8.30. The number of thiophene rings is 1. The van der Waals surface area contributed by atoms with Gasteiger partial charge in [0, 0.05) is 23.3 Å². The van der Waals surface area contributed by atoms with Gasteiger partial charge < -0.3 is 4.90 Å². The molecule has 1 aliphatic rings. The Kier molecular flexibility index (Phi) is 3.64. The molecule has 0 N–H and O–H groups in total. The number of rotatable bonds is 2. The summed E-state index contributed by atoms with van der Waals surface area (Å²) in [5.74, 6) is 0. The van der Waals surface area contributed by atoms with Crippen LogP contribution in [0.15, 0.2) is 29.6 Å². The Bertz CT molecular complexity index is 567. The first-order chi connectivity index (χ1) is 8.78. The van der Waals surface area contributed by atoms with Crippen molar-refractivity contribution in [3.8, 4) is 0 Å². The molecule has 1 aromatic heterocycles. The van der Waals surface area contributed by atoms with Gasteiger partial charge in [-0.2, -0.15) is 0 Å². The molecule has 0 fully saturated rings. The van der Waals surface area contributed by atoms with Crippen LogP contribution in [0.1, 0.15) is 16.0 Å². The third kappa shape index (κ3) is 2.31. The Hall–Kier alpha value is -0.510. The quantitative estimate of drug-likeness (QED) is 0.705. The molecule has 2 aromatic rings. The van der Waals surface area contributed by atoms with Gasteiger partial charge in [0.1, 0.15) is 0 Å². The number of fused-ring (bicyclic) bond motifs is 1. The van der Waals surface area contributed by atoms with E-state index < -0.39 is 0 Å². The van der Waals surface area contributed by atoms with Gasteiger partial charge in [0.05, 0.1) is 10.7 Å². The largest absolute Gasteiger partial charge is 0.366 e. The summed E-state index contributed by atoms with van der Waals surface area (Å²) >= 11 is 11.7. The Labute approximate surface area is 125 Å². The molecule has 1 aliphatic heterocycles. The number of halogens is 2. The Balaban J connectivity index is 1.88. The van der Waals surface area contributed by atoms with Crippen LogP contribution in [-0.4, -0.2) is 6.54 Å². The summed E-state index contributed by atoms with van der Waals surface area (Å²) < 4.78 is 0. The summed E-state index contributed by atoms with van der Waals surface area (Å²) in [6.45, 7) is 2.03. The minimum Gasteiger partial charge on any atom is -0.366 e. The van der Waals surface area contributed by atoms with Crippen molar-refractivity contribution >= 4 is 44.6 Å². The van der Waals surface area contributed by atoms with Gasteiger partial charge in [-0.05, 0) is 41.1 Å². The second-order valence-electron chi connectivity index (χ2n) is 4.46. The number of anilines is 1. The third-order valence-electron chi connectivity index (χ3n) is 3.31. The molecule has 18 heavy (non-hydrogen) atoms. The third-order valence-corrected chi connectivity index (χ3v) is 5.29. The number of nitrogens with zero attached hydrogens (tertiary/aromatic N) is 1. The minimum atomic E-state index is 0.849. The fourth-order valence-corrected chi connectivity index (χ4v) is 3.91. The molecule has 94 valence electrons. The van der Waals surface area contributed by atoms with Gasteiger partial charge in [0.15, 0.2) is 0 Å². The molecule has 0 unspecified atom stereocenters. The van der Waals surface area contributed by atoms with E-state index in [0.29, 0.717) is 0 Å². The highest BCUT2D eigenvalue weighted by molar-refractivity contribution is 9.08. The monoisotopic (exact) mass is 341 g/mol. The van der Waals surface area contributed by atoms with Crippen LogP contribution in [0.2, 0.25) is 5.02 Å². The zero-order chi connectivity index (χ0) is 12.5. The molecule has 0 amide bonds. The van der Waals surface area contributed by atoms with Crippen LogP contribution in [0.25, 0.3) is 0 Å². The molecule has 0 atom stereocenters. The van der Waals surface area contributed by atoms with E-state index in [4.69, 9.17) is 11.6 Å². The van der Waals surface area contributed by atoms with Crippen LogP contribution in [0, 0.1) is 0 Å². The Morgan fingerprint density at radius 1 is 1.33 bits per heavy atom. The summed E-state index contributed by atoms with van der Waals surface area (Å²) in [6.07, 6.45) is 1.13. The van der Waals surface area contributed by atoms with Gasteiger partial charge in [0.2, 0.25) is 0 Å². The van der Waals surface area contributed by atoms with Crippen LogP contribution in [0.5, 0.6) is 0 Å². The van der Waals surface area contributed by atoms with E-state index in [9.17, 15) is 0 Å². The van der Waals surface area contributed by atoms with E-state index in [1.54, 1.807) is 0 Å². The summed E-state index contributed by atoms with van der Waals surface area (Å²) in [7, 11) is 0. The number of benzene rings is 1. The molecule has 3 rings (SSSR count). The average molecular weight is 343 g/mol. The van der Waals surface area contributed by atoms with Crippen molar-refractivity contribution in [3.63, 3.8) is 0 Å². The predicted octanol–water partition coefficient (Wildman–Crippen LogP) is 4.86. The summed E-state index contributed by atoms with van der Waals surface area (Å²) in [4.78, 5) is 3.90. The summed E-state index contributed by atoms with van der Waals surface area (Å²) in [6, 6.07) is 8.55. The van der Waals surface area contributed by atoms with E-state index in [2.05, 4.69) is 50.5 Å². The lowest BCUT2D eigenvalue weighted by Gasteiger charge is -2.30. The van der Waals surface area contributed by atoms with E-state index in [1.165, 1.54) is 16.0 Å². The smallest absolute Gasteiger partial charge is 0.0642 e. The maximum Gasteiger partial charge on any atom is 0.0642 e. The van der Waals surface area contributed by atoms with Crippen LogP contribution in [0.3, 0.4) is 0 Å². The highest BCUT2D eigenvalue weighted by atomic mass is 79.9. The van der Waals surface area contributed by atoms with E-state index in [1.807, 2.05) is 11.3 Å². The van der Waals surface area contributed by atoms with Crippen LogP contribution < -0.4 is 4.90 Å². The highest BCUT2D eigenvalue weighted by Crippen LogP contribution is 2.33. The van der Waals surface area contributed by atoms with Gasteiger partial charge in [0.25, 0.3) is 0 Å². The number of alkyl halides is 1. The van der Waals surface area contributed by atoms with E-state index in [0.717, 1.165) is 35.6 Å². The van der Waals surface area contributed by atoms with Gasteiger partial charge in [-0.25, -0.2) is 0 Å². The van der Waals surface area contributed by atoms with Gasteiger partial charge >= 0.3 is 0 Å². The minimum absolute atomic E-state index is 0.849. The number of hydrogen-bond acceptors (Lipinski definition) is 2. The maximum absolute atomic E-state index is 6.38. The fourth-order valence-electron chi connectivity index (χ4n) is 2.34. The maximum atomic E-state index is 6.38. The molecule has 0 spiro atoms. The molecule has 0 radical (unpaired) electrons. The first kappa shape index (κ1) is 12.5. The zero-order valence-electron chi connectivity index (χ0n) is 9.83. The van der Waals surface area contributed by atoms with Crippen molar-refractivity contribution in [2.45, 2.75) is 18.3 Å². The summed E-state index contributed by atoms with van der Waals surface area (Å²) in [5.41, 5.74) is 3.82. The van der Waals surface area contributed by atoms with Gasteiger partial charge in [-0.3, -0.25) is 0 Å². The Morgan fingerprint density at radius 2 is 2.22 bits per heavy atom. The predicted molar refractivity (Wildman–Crippen MR) is 83.2 cm³/mol. The van der Waals surface area contributed by atoms with Gasteiger partial charge in [-0.15, -0.1) is 11.3 Å². The van der Waals surface area contributed by atoms with Crippen molar-refractivity contribution in [2.24, 2.45) is 0 Å². The molecule has 0 aliphatic carbocycles. The molecule has 1 nitrogen and oxygen atoms in total. The molecule has 1 aromatic carbocycles. The van der Waals surface area contributed by atoms with Crippen molar-refractivity contribution in [1.82, 2.24) is 0 Å². The molecule has 0 bridgehead atoms. The molecule has 2 heterocycles. The molecular weight excluding hydrogens is 330 g/mol. The zero-order valence-corrected chi connectivity index (χ0v) is 13.0.